The van der Waals surface area contributed by atoms with Crippen LogP contribution in [0.15, 0.2) is 36.4 Å². The first kappa shape index (κ1) is 18.1. The van der Waals surface area contributed by atoms with Crippen LogP contribution in [-0.2, 0) is 11.2 Å². The van der Waals surface area contributed by atoms with Crippen molar-refractivity contribution in [2.75, 3.05) is 5.32 Å². The Morgan fingerprint density at radius 1 is 1.04 bits per heavy atom. The number of carbonyl (C=O) groups excluding carboxylic acids is 1. The molecule has 0 spiro atoms. The first-order valence-corrected chi connectivity index (χ1v) is 8.58. The standard InChI is InChI=1S/C21H27NO2/c1-6-17-8-10-18(11-9-17)24-19(7-2)21(23)22-20-15(4)12-14(3)13-16(20)5/h8-13,19H,6-7H2,1-5H3,(H,22,23)/t19-/m1/s1. The summed E-state index contributed by atoms with van der Waals surface area (Å²) in [6.45, 7) is 10.2. The third kappa shape index (κ3) is 4.38. The van der Waals surface area contributed by atoms with Crippen molar-refractivity contribution >= 4 is 11.6 Å². The molecule has 0 aliphatic carbocycles. The van der Waals surface area contributed by atoms with Crippen molar-refractivity contribution in [1.82, 2.24) is 0 Å². The van der Waals surface area contributed by atoms with Crippen LogP contribution in [0, 0.1) is 20.8 Å². The van der Waals surface area contributed by atoms with Crippen molar-refractivity contribution in [2.45, 2.75) is 53.6 Å². The van der Waals surface area contributed by atoms with Gasteiger partial charge in [0.2, 0.25) is 0 Å². The lowest BCUT2D eigenvalue weighted by molar-refractivity contribution is -0.122. The summed E-state index contributed by atoms with van der Waals surface area (Å²) >= 11 is 0. The summed E-state index contributed by atoms with van der Waals surface area (Å²) in [5, 5.41) is 3.04. The van der Waals surface area contributed by atoms with Crippen LogP contribution in [0.5, 0.6) is 5.75 Å². The molecule has 2 rings (SSSR count). The Morgan fingerprint density at radius 3 is 2.12 bits per heavy atom. The highest BCUT2D eigenvalue weighted by molar-refractivity contribution is 5.95. The molecule has 1 amide bonds. The first-order valence-electron chi connectivity index (χ1n) is 8.58. The number of rotatable bonds is 6. The van der Waals surface area contributed by atoms with E-state index in [9.17, 15) is 4.79 Å². The minimum Gasteiger partial charge on any atom is -0.481 e. The van der Waals surface area contributed by atoms with Gasteiger partial charge in [-0.2, -0.15) is 0 Å². The average Bonchev–Trinajstić information content (AvgIpc) is 2.56. The normalized spacial score (nSPS) is 11.9. The Bertz CT molecular complexity index is 681. The van der Waals surface area contributed by atoms with Gasteiger partial charge in [-0.05, 0) is 62.4 Å². The Morgan fingerprint density at radius 2 is 1.62 bits per heavy atom. The molecule has 1 N–H and O–H groups in total. The van der Waals surface area contributed by atoms with E-state index in [0.717, 1.165) is 29.0 Å². The van der Waals surface area contributed by atoms with Crippen LogP contribution in [0.25, 0.3) is 0 Å². The molecule has 0 aliphatic heterocycles. The molecule has 0 aromatic heterocycles. The van der Waals surface area contributed by atoms with E-state index in [1.165, 1.54) is 11.1 Å². The maximum atomic E-state index is 12.6. The number of hydrogen-bond acceptors (Lipinski definition) is 2. The summed E-state index contributed by atoms with van der Waals surface area (Å²) in [7, 11) is 0. The van der Waals surface area contributed by atoms with Gasteiger partial charge < -0.3 is 10.1 Å². The van der Waals surface area contributed by atoms with Crippen LogP contribution in [0.2, 0.25) is 0 Å². The van der Waals surface area contributed by atoms with Crippen molar-refractivity contribution in [1.29, 1.82) is 0 Å². The second kappa shape index (κ2) is 8.00. The molecule has 3 heteroatoms. The summed E-state index contributed by atoms with van der Waals surface area (Å²) < 4.78 is 5.89. The van der Waals surface area contributed by atoms with Crippen LogP contribution in [-0.4, -0.2) is 12.0 Å². The molecule has 128 valence electrons. The molecule has 0 saturated heterocycles. The molecule has 0 fully saturated rings. The maximum Gasteiger partial charge on any atom is 0.265 e. The lowest BCUT2D eigenvalue weighted by atomic mass is 10.0. The number of hydrogen-bond donors (Lipinski definition) is 1. The smallest absolute Gasteiger partial charge is 0.265 e. The first-order chi connectivity index (χ1) is 11.4. The topological polar surface area (TPSA) is 38.3 Å². The summed E-state index contributed by atoms with van der Waals surface area (Å²) in [5.74, 6) is 0.624. The predicted molar refractivity (Wildman–Crippen MR) is 99.8 cm³/mol. The summed E-state index contributed by atoms with van der Waals surface area (Å²) in [6.07, 6.45) is 1.10. The number of carbonyl (C=O) groups is 1. The Balaban J connectivity index is 2.11. The van der Waals surface area contributed by atoms with E-state index < -0.39 is 6.10 Å². The van der Waals surface area contributed by atoms with Gasteiger partial charge in [-0.1, -0.05) is 43.7 Å². The van der Waals surface area contributed by atoms with Crippen molar-refractivity contribution in [3.05, 3.63) is 58.7 Å². The van der Waals surface area contributed by atoms with E-state index in [1.807, 2.05) is 45.0 Å². The zero-order valence-electron chi connectivity index (χ0n) is 15.3. The number of nitrogens with one attached hydrogen (secondary N) is 1. The molecule has 3 nitrogen and oxygen atoms in total. The Hall–Kier alpha value is -2.29. The second-order valence-corrected chi connectivity index (χ2v) is 6.28. The predicted octanol–water partition coefficient (Wildman–Crippen LogP) is 4.97. The van der Waals surface area contributed by atoms with Crippen molar-refractivity contribution in [2.24, 2.45) is 0 Å². The fourth-order valence-corrected chi connectivity index (χ4v) is 2.87. The number of ether oxygens (including phenoxy) is 1. The molecule has 0 heterocycles. The molecular weight excluding hydrogens is 298 g/mol. The molecule has 0 unspecified atom stereocenters. The van der Waals surface area contributed by atoms with E-state index in [-0.39, 0.29) is 5.91 Å². The molecule has 2 aromatic carbocycles. The van der Waals surface area contributed by atoms with Crippen molar-refractivity contribution in [3.63, 3.8) is 0 Å². The average molecular weight is 325 g/mol. The molecule has 0 radical (unpaired) electrons. The molecule has 0 bridgehead atoms. The van der Waals surface area contributed by atoms with Crippen LogP contribution in [0.3, 0.4) is 0 Å². The van der Waals surface area contributed by atoms with Crippen LogP contribution < -0.4 is 10.1 Å². The zero-order chi connectivity index (χ0) is 17.7. The lowest BCUT2D eigenvalue weighted by Crippen LogP contribution is -2.32. The quantitative estimate of drug-likeness (QED) is 0.814. The molecular formula is C21H27NO2. The van der Waals surface area contributed by atoms with Crippen LogP contribution in [0.1, 0.15) is 42.5 Å². The van der Waals surface area contributed by atoms with Crippen molar-refractivity contribution < 1.29 is 9.53 Å². The highest BCUT2D eigenvalue weighted by atomic mass is 16.5. The van der Waals surface area contributed by atoms with E-state index in [1.54, 1.807) is 0 Å². The second-order valence-electron chi connectivity index (χ2n) is 6.28. The fraction of sp³-hybridized carbons (Fsp3) is 0.381. The van der Waals surface area contributed by atoms with E-state index in [2.05, 4.69) is 31.3 Å². The number of benzene rings is 2. The lowest BCUT2D eigenvalue weighted by Gasteiger charge is -2.19. The summed E-state index contributed by atoms with van der Waals surface area (Å²) in [6, 6.07) is 12.1. The third-order valence-electron chi connectivity index (χ3n) is 4.20. The van der Waals surface area contributed by atoms with Gasteiger partial charge in [0.25, 0.3) is 5.91 Å². The van der Waals surface area contributed by atoms with Gasteiger partial charge in [-0.15, -0.1) is 0 Å². The SMILES string of the molecule is CCc1ccc(O[C@H](CC)C(=O)Nc2c(C)cc(C)cc2C)cc1. The molecule has 24 heavy (non-hydrogen) atoms. The van der Waals surface area contributed by atoms with Crippen molar-refractivity contribution in [3.8, 4) is 5.75 Å². The van der Waals surface area contributed by atoms with Gasteiger partial charge in [-0.3, -0.25) is 4.79 Å². The van der Waals surface area contributed by atoms with Gasteiger partial charge in [0.1, 0.15) is 5.75 Å². The molecule has 2 aromatic rings. The Kier molecular flexibility index (Phi) is 6.02. The van der Waals surface area contributed by atoms with E-state index >= 15 is 0 Å². The Labute approximate surface area is 145 Å². The number of amides is 1. The van der Waals surface area contributed by atoms with Gasteiger partial charge >= 0.3 is 0 Å². The number of anilines is 1. The minimum atomic E-state index is -0.502. The zero-order valence-corrected chi connectivity index (χ0v) is 15.3. The highest BCUT2D eigenvalue weighted by Gasteiger charge is 2.20. The van der Waals surface area contributed by atoms with Crippen LogP contribution >= 0.6 is 0 Å². The fourth-order valence-electron chi connectivity index (χ4n) is 2.87. The summed E-state index contributed by atoms with van der Waals surface area (Å²) in [5.41, 5.74) is 5.48. The van der Waals surface area contributed by atoms with Crippen LogP contribution in [0.4, 0.5) is 5.69 Å². The highest BCUT2D eigenvalue weighted by Crippen LogP contribution is 2.23. The van der Waals surface area contributed by atoms with Gasteiger partial charge in [-0.25, -0.2) is 0 Å². The number of aryl methyl sites for hydroxylation is 4. The van der Waals surface area contributed by atoms with E-state index in [0.29, 0.717) is 6.42 Å². The molecule has 0 aliphatic rings. The van der Waals surface area contributed by atoms with Gasteiger partial charge in [0.15, 0.2) is 6.10 Å². The molecule has 1 atom stereocenters. The van der Waals surface area contributed by atoms with Gasteiger partial charge in [0.05, 0.1) is 0 Å². The largest absolute Gasteiger partial charge is 0.481 e. The monoisotopic (exact) mass is 325 g/mol. The minimum absolute atomic E-state index is 0.105. The maximum absolute atomic E-state index is 12.6. The molecule has 0 saturated carbocycles. The summed E-state index contributed by atoms with van der Waals surface area (Å²) in [4.78, 5) is 12.6. The third-order valence-corrected chi connectivity index (χ3v) is 4.20. The van der Waals surface area contributed by atoms with E-state index in [4.69, 9.17) is 4.74 Å². The van der Waals surface area contributed by atoms with Gasteiger partial charge in [0, 0.05) is 5.69 Å².